The Balaban J connectivity index is 2.40. The molecule has 0 radical (unpaired) electrons. The Morgan fingerprint density at radius 3 is 2.58 bits per heavy atom. The molecule has 0 fully saturated rings. The molecular weight excluding hydrogens is 341 g/mol. The van der Waals surface area contributed by atoms with Gasteiger partial charge >= 0.3 is 6.18 Å². The van der Waals surface area contributed by atoms with Gasteiger partial charge in [0.2, 0.25) is 0 Å². The molecule has 2 N–H and O–H groups in total. The first-order chi connectivity index (χ1) is 11.3. The number of rotatable bonds is 8. The largest absolute Gasteiger partial charge is 0.401 e. The summed E-state index contributed by atoms with van der Waals surface area (Å²) in [5, 5.41) is 6.88. The molecule has 1 rings (SSSR count). The molecule has 0 spiro atoms. The van der Waals surface area contributed by atoms with E-state index in [0.717, 1.165) is 5.56 Å². The van der Waals surface area contributed by atoms with E-state index in [1.165, 1.54) is 11.9 Å². The smallest absolute Gasteiger partial charge is 0.357 e. The first-order valence-corrected chi connectivity index (χ1v) is 8.20. The molecule has 0 amide bonds. The van der Waals surface area contributed by atoms with Gasteiger partial charge in [-0.2, -0.15) is 13.2 Å². The van der Waals surface area contributed by atoms with Crippen molar-refractivity contribution in [2.24, 2.45) is 4.99 Å². The third-order valence-corrected chi connectivity index (χ3v) is 3.54. The van der Waals surface area contributed by atoms with Gasteiger partial charge in [0.25, 0.3) is 0 Å². The molecule has 8 heteroatoms. The molecule has 24 heavy (non-hydrogen) atoms. The van der Waals surface area contributed by atoms with Crippen molar-refractivity contribution in [1.82, 2.24) is 15.5 Å². The van der Waals surface area contributed by atoms with E-state index < -0.39 is 12.7 Å². The van der Waals surface area contributed by atoms with Crippen LogP contribution in [-0.4, -0.2) is 50.3 Å². The number of alkyl halides is 3. The highest BCUT2D eigenvalue weighted by atomic mass is 35.5. The fourth-order valence-electron chi connectivity index (χ4n) is 2.07. The quantitative estimate of drug-likeness (QED) is 0.422. The summed E-state index contributed by atoms with van der Waals surface area (Å²) in [7, 11) is 1.46. The maximum atomic E-state index is 12.2. The molecule has 0 saturated heterocycles. The third-order valence-electron chi connectivity index (χ3n) is 3.17. The SMILES string of the molecule is CCNC(=NCc1ccccc1Cl)NCCCN(C)CC(F)(F)F. The fourth-order valence-corrected chi connectivity index (χ4v) is 2.27. The van der Waals surface area contributed by atoms with E-state index >= 15 is 0 Å². The monoisotopic (exact) mass is 364 g/mol. The molecule has 4 nitrogen and oxygen atoms in total. The average Bonchev–Trinajstić information content (AvgIpc) is 2.48. The molecule has 0 aromatic heterocycles. The molecule has 136 valence electrons. The lowest BCUT2D eigenvalue weighted by atomic mass is 10.2. The van der Waals surface area contributed by atoms with E-state index in [1.807, 2.05) is 31.2 Å². The fraction of sp³-hybridized carbons (Fsp3) is 0.562. The zero-order valence-electron chi connectivity index (χ0n) is 14.0. The van der Waals surface area contributed by atoms with Crippen molar-refractivity contribution in [3.05, 3.63) is 34.9 Å². The predicted octanol–water partition coefficient (Wildman–Crippen LogP) is 3.28. The number of nitrogens with one attached hydrogen (secondary N) is 2. The Bertz CT molecular complexity index is 520. The highest BCUT2D eigenvalue weighted by molar-refractivity contribution is 6.31. The first-order valence-electron chi connectivity index (χ1n) is 7.82. The summed E-state index contributed by atoms with van der Waals surface area (Å²) >= 11 is 6.09. The van der Waals surface area contributed by atoms with Crippen molar-refractivity contribution < 1.29 is 13.2 Å². The Hall–Kier alpha value is -1.47. The second-order valence-electron chi connectivity index (χ2n) is 5.42. The molecule has 1 aromatic rings. The van der Waals surface area contributed by atoms with Crippen LogP contribution < -0.4 is 10.6 Å². The first kappa shape index (κ1) is 20.6. The van der Waals surface area contributed by atoms with Crippen LogP contribution in [0.2, 0.25) is 5.02 Å². The van der Waals surface area contributed by atoms with E-state index in [2.05, 4.69) is 15.6 Å². The normalized spacial score (nSPS) is 12.5. The van der Waals surface area contributed by atoms with Gasteiger partial charge in [0.05, 0.1) is 13.1 Å². The molecule has 0 unspecified atom stereocenters. The highest BCUT2D eigenvalue weighted by Gasteiger charge is 2.28. The van der Waals surface area contributed by atoms with Crippen LogP contribution >= 0.6 is 11.6 Å². The predicted molar refractivity (Wildman–Crippen MR) is 92.4 cm³/mol. The van der Waals surface area contributed by atoms with Gasteiger partial charge < -0.3 is 10.6 Å². The summed E-state index contributed by atoms with van der Waals surface area (Å²) in [6.07, 6.45) is -3.57. The summed E-state index contributed by atoms with van der Waals surface area (Å²) in [6, 6.07) is 7.47. The van der Waals surface area contributed by atoms with Gasteiger partial charge in [-0.05, 0) is 38.6 Å². The van der Waals surface area contributed by atoms with Crippen LogP contribution in [0.5, 0.6) is 0 Å². The summed E-state index contributed by atoms with van der Waals surface area (Å²) in [6.45, 7) is 3.08. The lowest BCUT2D eigenvalue weighted by molar-refractivity contribution is -0.143. The zero-order valence-corrected chi connectivity index (χ0v) is 14.7. The third kappa shape index (κ3) is 8.98. The Labute approximate surface area is 146 Å². The Kier molecular flexibility index (Phi) is 8.92. The van der Waals surface area contributed by atoms with Gasteiger partial charge in [-0.3, -0.25) is 4.90 Å². The van der Waals surface area contributed by atoms with Gasteiger partial charge in [0.1, 0.15) is 0 Å². The summed E-state index contributed by atoms with van der Waals surface area (Å²) in [5.74, 6) is 0.621. The van der Waals surface area contributed by atoms with Crippen LogP contribution in [0.25, 0.3) is 0 Å². The van der Waals surface area contributed by atoms with Crippen molar-refractivity contribution in [2.45, 2.75) is 26.1 Å². The number of hydrogen-bond acceptors (Lipinski definition) is 2. The topological polar surface area (TPSA) is 39.7 Å². The van der Waals surface area contributed by atoms with Gasteiger partial charge in [0, 0.05) is 18.1 Å². The van der Waals surface area contributed by atoms with Crippen molar-refractivity contribution in [2.75, 3.05) is 33.2 Å². The lowest BCUT2D eigenvalue weighted by Gasteiger charge is -2.19. The minimum Gasteiger partial charge on any atom is -0.357 e. The Morgan fingerprint density at radius 1 is 1.25 bits per heavy atom. The van der Waals surface area contributed by atoms with E-state index in [4.69, 9.17) is 11.6 Å². The van der Waals surface area contributed by atoms with Crippen molar-refractivity contribution in [3.8, 4) is 0 Å². The van der Waals surface area contributed by atoms with Crippen LogP contribution in [0.4, 0.5) is 13.2 Å². The van der Waals surface area contributed by atoms with E-state index in [0.29, 0.717) is 43.6 Å². The molecule has 0 aliphatic carbocycles. The standard InChI is InChI=1S/C16H24ClF3N4/c1-3-21-15(23-11-13-7-4-5-8-14(13)17)22-9-6-10-24(2)12-16(18,19)20/h4-5,7-8H,3,6,9-12H2,1-2H3,(H2,21,22,23). The van der Waals surface area contributed by atoms with Gasteiger partial charge in [-0.15, -0.1) is 0 Å². The van der Waals surface area contributed by atoms with Crippen LogP contribution in [0.15, 0.2) is 29.3 Å². The van der Waals surface area contributed by atoms with Gasteiger partial charge in [-0.25, -0.2) is 4.99 Å². The lowest BCUT2D eigenvalue weighted by Crippen LogP contribution is -2.39. The van der Waals surface area contributed by atoms with E-state index in [-0.39, 0.29) is 0 Å². The highest BCUT2D eigenvalue weighted by Crippen LogP contribution is 2.16. The molecule has 0 aliphatic heterocycles. The van der Waals surface area contributed by atoms with Gasteiger partial charge in [-0.1, -0.05) is 29.8 Å². The molecular formula is C16H24ClF3N4. The average molecular weight is 365 g/mol. The Morgan fingerprint density at radius 2 is 1.96 bits per heavy atom. The van der Waals surface area contributed by atoms with Crippen LogP contribution in [0, 0.1) is 0 Å². The molecule has 0 atom stereocenters. The number of halogens is 4. The van der Waals surface area contributed by atoms with Crippen LogP contribution in [-0.2, 0) is 6.54 Å². The number of aliphatic imine (C=N–C) groups is 1. The molecule has 0 aliphatic rings. The van der Waals surface area contributed by atoms with Crippen molar-refractivity contribution in [3.63, 3.8) is 0 Å². The number of nitrogens with zero attached hydrogens (tertiary/aromatic N) is 2. The van der Waals surface area contributed by atoms with Crippen molar-refractivity contribution in [1.29, 1.82) is 0 Å². The minimum absolute atomic E-state index is 0.358. The van der Waals surface area contributed by atoms with Gasteiger partial charge in [0.15, 0.2) is 5.96 Å². The maximum Gasteiger partial charge on any atom is 0.401 e. The van der Waals surface area contributed by atoms with E-state index in [9.17, 15) is 13.2 Å². The minimum atomic E-state index is -4.16. The molecule has 0 bridgehead atoms. The van der Waals surface area contributed by atoms with E-state index in [1.54, 1.807) is 0 Å². The summed E-state index contributed by atoms with van der Waals surface area (Å²) < 4.78 is 36.7. The van der Waals surface area contributed by atoms with Crippen molar-refractivity contribution >= 4 is 17.6 Å². The number of hydrogen-bond donors (Lipinski definition) is 2. The zero-order chi connectivity index (χ0) is 18.0. The van der Waals surface area contributed by atoms with Crippen LogP contribution in [0.3, 0.4) is 0 Å². The number of benzene rings is 1. The second-order valence-corrected chi connectivity index (χ2v) is 5.83. The maximum absolute atomic E-state index is 12.2. The van der Waals surface area contributed by atoms with Crippen LogP contribution in [0.1, 0.15) is 18.9 Å². The summed E-state index contributed by atoms with van der Waals surface area (Å²) in [4.78, 5) is 5.70. The molecule has 0 saturated carbocycles. The number of guanidine groups is 1. The molecule has 1 aromatic carbocycles. The molecule has 0 heterocycles. The second kappa shape index (κ2) is 10.4. The summed E-state index contributed by atoms with van der Waals surface area (Å²) in [5.41, 5.74) is 0.918.